The normalized spacial score (nSPS) is 11.7. The first kappa shape index (κ1) is 89.6. The van der Waals surface area contributed by atoms with Crippen LogP contribution >= 0.6 is 0 Å². The molecule has 0 aliphatic carbocycles. The summed E-state index contributed by atoms with van der Waals surface area (Å²) < 4.78 is 30.8. The molecule has 0 saturated heterocycles. The highest BCUT2D eigenvalue weighted by Crippen LogP contribution is 2.30. The maximum atomic E-state index is 12.9. The van der Waals surface area contributed by atoms with Crippen molar-refractivity contribution in [3.63, 3.8) is 0 Å². The number of hydrogen-bond acceptors (Lipinski definition) is 1. The molecule has 103 heavy (non-hydrogen) atoms. The van der Waals surface area contributed by atoms with E-state index < -0.39 is 0 Å². The highest BCUT2D eigenvalue weighted by Gasteiger charge is 2.17. The van der Waals surface area contributed by atoms with Crippen LogP contribution in [0.15, 0.2) is 237 Å². The van der Waals surface area contributed by atoms with Gasteiger partial charge in [-0.1, -0.05) is 372 Å². The Morgan fingerprint density at radius 3 is 1.09 bits per heavy atom. The van der Waals surface area contributed by atoms with Crippen molar-refractivity contribution in [2.75, 3.05) is 7.11 Å². The van der Waals surface area contributed by atoms with Gasteiger partial charge in [0.25, 0.3) is 0 Å². The summed E-state index contributed by atoms with van der Waals surface area (Å²) in [6.45, 7) is 58.0. The molecule has 0 amide bonds. The van der Waals surface area contributed by atoms with Gasteiger partial charge in [-0.3, -0.25) is 0 Å². The number of fused-ring (bicyclic) bond motifs is 2. The Morgan fingerprint density at radius 2 is 0.621 bits per heavy atom. The maximum absolute atomic E-state index is 12.9. The van der Waals surface area contributed by atoms with E-state index in [1.807, 2.05) is 31.2 Å². The van der Waals surface area contributed by atoms with Crippen LogP contribution in [0.25, 0.3) is 21.5 Å². The van der Waals surface area contributed by atoms with Gasteiger partial charge in [0, 0.05) is 0 Å². The lowest BCUT2D eigenvalue weighted by Crippen LogP contribution is -2.10. The molecule has 0 aliphatic rings. The molecule has 0 spiro atoms. The van der Waals surface area contributed by atoms with Crippen LogP contribution in [0.2, 0.25) is 0 Å². The lowest BCUT2D eigenvalue weighted by molar-refractivity contribution is 0.378. The van der Waals surface area contributed by atoms with Crippen molar-refractivity contribution in [3.05, 3.63) is 304 Å². The quantitative estimate of drug-likeness (QED) is 0.133. The second-order valence-electron chi connectivity index (χ2n) is 38.0. The van der Waals surface area contributed by atoms with E-state index in [1.54, 1.807) is 25.3 Å². The van der Waals surface area contributed by atoms with E-state index in [0.29, 0.717) is 32.5 Å². The molecule has 10 rings (SSSR count). The third-order valence-electron chi connectivity index (χ3n) is 16.1. The fourth-order valence-electron chi connectivity index (χ4n) is 11.7. The third kappa shape index (κ3) is 43.9. The Bertz CT molecular complexity index is 3930. The molecule has 0 saturated carbocycles. The monoisotopic (exact) mass is 1390 g/mol. The molecule has 0 fully saturated rings. The Labute approximate surface area is 629 Å². The summed E-state index contributed by atoms with van der Waals surface area (Å²) in [6.07, 6.45) is 10.0. The van der Waals surface area contributed by atoms with Crippen LogP contribution in [-0.2, 0) is 51.4 Å². The first-order chi connectivity index (χ1) is 47.6. The van der Waals surface area contributed by atoms with Crippen molar-refractivity contribution < 1.29 is 13.5 Å². The maximum Gasteiger partial charge on any atom is 0.123 e. The highest BCUT2D eigenvalue weighted by molar-refractivity contribution is 5.86. The molecule has 0 aliphatic heterocycles. The first-order valence-electron chi connectivity index (χ1n) is 37.8. The molecular formula is C100H138F2O. The average molecular weight is 1390 g/mol. The molecule has 0 heterocycles. The smallest absolute Gasteiger partial charge is 0.123 e. The predicted octanol–water partition coefficient (Wildman–Crippen LogP) is 29.8. The molecule has 10 aromatic carbocycles. The van der Waals surface area contributed by atoms with Crippen molar-refractivity contribution in [3.8, 4) is 5.75 Å². The van der Waals surface area contributed by atoms with Crippen LogP contribution < -0.4 is 4.74 Å². The van der Waals surface area contributed by atoms with Gasteiger partial charge in [0.05, 0.1) is 7.11 Å². The SMILES string of the molecule is CC(C)(C)CCc1ccccc1.CC(C)(C)Cc1ccc2ccccc2c1.CC(C)(C)Cc1cccc(F)c1.CC(C)(C)Cc1cccc2ccccc12.CC(C)(C)Cc1ccccc1.COc1ccc(CC(C)(C)C)cc1.Cc1ccc(CC(C)(C)C)cc1.Cc1ccc(F)cc1CC(C)(C)C. The van der Waals surface area contributed by atoms with Gasteiger partial charge < -0.3 is 4.74 Å². The summed E-state index contributed by atoms with van der Waals surface area (Å²) in [5.74, 6) is 0.652. The van der Waals surface area contributed by atoms with Crippen molar-refractivity contribution in [1.82, 2.24) is 0 Å². The van der Waals surface area contributed by atoms with E-state index in [4.69, 9.17) is 4.74 Å². The summed E-state index contributed by atoms with van der Waals surface area (Å²) >= 11 is 0. The Morgan fingerprint density at radius 1 is 0.262 bits per heavy atom. The van der Waals surface area contributed by atoms with Gasteiger partial charge in [-0.25, -0.2) is 8.78 Å². The highest BCUT2D eigenvalue weighted by atomic mass is 19.1. The summed E-state index contributed by atoms with van der Waals surface area (Å²) in [4.78, 5) is 0. The number of rotatable bonds is 10. The second-order valence-corrected chi connectivity index (χ2v) is 38.0. The molecule has 0 unspecified atom stereocenters. The Balaban J connectivity index is 0.000000307. The minimum absolute atomic E-state index is 0.134. The lowest BCUT2D eigenvalue weighted by Gasteiger charge is -2.19. The summed E-state index contributed by atoms with van der Waals surface area (Å²) in [5.41, 5.74) is 16.1. The summed E-state index contributed by atoms with van der Waals surface area (Å²) in [6, 6.07) is 80.7. The molecule has 1 nitrogen and oxygen atoms in total. The number of benzene rings is 10. The van der Waals surface area contributed by atoms with Gasteiger partial charge in [-0.15, -0.1) is 0 Å². The van der Waals surface area contributed by atoms with Gasteiger partial charge in [0.1, 0.15) is 17.4 Å². The van der Waals surface area contributed by atoms with Crippen LogP contribution in [0.5, 0.6) is 5.75 Å². The first-order valence-corrected chi connectivity index (χ1v) is 37.8. The number of halogens is 2. The molecule has 10 aromatic rings. The van der Waals surface area contributed by atoms with E-state index in [1.165, 1.54) is 91.0 Å². The summed E-state index contributed by atoms with van der Waals surface area (Å²) in [5, 5.41) is 5.42. The number of aryl methyl sites for hydroxylation is 3. The van der Waals surface area contributed by atoms with E-state index in [0.717, 1.165) is 61.8 Å². The Hall–Kier alpha value is -7.62. The van der Waals surface area contributed by atoms with Crippen LogP contribution in [-0.4, -0.2) is 7.11 Å². The minimum Gasteiger partial charge on any atom is -0.497 e. The van der Waals surface area contributed by atoms with Crippen molar-refractivity contribution in [2.45, 2.75) is 238 Å². The van der Waals surface area contributed by atoms with Gasteiger partial charge in [-0.05, 0) is 223 Å². The topological polar surface area (TPSA) is 9.23 Å². The lowest BCUT2D eigenvalue weighted by atomic mass is 9.86. The van der Waals surface area contributed by atoms with E-state index in [-0.39, 0.29) is 22.5 Å². The number of ether oxygens (including phenoxy) is 1. The van der Waals surface area contributed by atoms with Crippen LogP contribution in [0.1, 0.15) is 228 Å². The number of hydrogen-bond donors (Lipinski definition) is 0. The largest absolute Gasteiger partial charge is 0.497 e. The van der Waals surface area contributed by atoms with Crippen LogP contribution in [0.4, 0.5) is 8.78 Å². The van der Waals surface area contributed by atoms with E-state index >= 15 is 0 Å². The number of methoxy groups -OCH3 is 1. The van der Waals surface area contributed by atoms with E-state index in [2.05, 4.69) is 355 Å². The van der Waals surface area contributed by atoms with Crippen molar-refractivity contribution in [2.24, 2.45) is 43.3 Å². The standard InChI is InChI=1S/2C15H18.C12H17F.C12H18O.2C12H18.C11H15F.C11H16/c1-15(2,3)11-13-9-6-8-12-7-4-5-10-14(12)13;1-15(2,3)11-12-8-9-13-6-4-5-7-14(13)10-12;1-9-5-6-11(13)7-10(9)8-12(2,3)4;1-12(2,3)9-10-5-7-11(13-4)8-6-10;1-10-5-7-11(8-6-10)9-12(2,3)4;1-12(2,3)10-9-11-7-5-4-6-8-11;1-11(2,3)8-9-5-4-6-10(12)7-9;1-11(2,3)9-10-7-5-4-6-8-10/h2*4-10H,11H2,1-3H3;5-7H,8H2,1-4H3;5-8H,9H2,1-4H3;5-8H,9H2,1-4H3;4-8H,9-10H2,1-3H3;4-7H,8H2,1-3H3;4-8H,9H2,1-3H3. The molecule has 0 N–H and O–H groups in total. The van der Waals surface area contributed by atoms with Gasteiger partial charge in [0.15, 0.2) is 0 Å². The molecular weight excluding hydrogens is 1260 g/mol. The average Bonchev–Trinajstić information content (AvgIpc) is 0.826. The van der Waals surface area contributed by atoms with Crippen molar-refractivity contribution in [1.29, 1.82) is 0 Å². The predicted molar refractivity (Wildman–Crippen MR) is 452 cm³/mol. The summed E-state index contributed by atoms with van der Waals surface area (Å²) in [7, 11) is 1.69. The molecule has 558 valence electrons. The zero-order valence-corrected chi connectivity index (χ0v) is 69.5. The molecule has 0 aromatic heterocycles. The van der Waals surface area contributed by atoms with Gasteiger partial charge in [0.2, 0.25) is 0 Å². The van der Waals surface area contributed by atoms with Gasteiger partial charge in [-0.2, -0.15) is 0 Å². The van der Waals surface area contributed by atoms with E-state index in [9.17, 15) is 8.78 Å². The Kier molecular flexibility index (Phi) is 36.3. The fraction of sp³-hybridized carbons (Fsp3) is 0.440. The molecule has 0 radical (unpaired) electrons. The fourth-order valence-corrected chi connectivity index (χ4v) is 11.7. The third-order valence-corrected chi connectivity index (χ3v) is 16.1. The second kappa shape index (κ2) is 41.8. The van der Waals surface area contributed by atoms with Gasteiger partial charge >= 0.3 is 0 Å². The van der Waals surface area contributed by atoms with Crippen molar-refractivity contribution >= 4 is 21.5 Å². The molecule has 0 bridgehead atoms. The minimum atomic E-state index is -0.142. The molecule has 3 heteroatoms. The van der Waals surface area contributed by atoms with Crippen LogP contribution in [0, 0.1) is 68.8 Å². The zero-order valence-electron chi connectivity index (χ0n) is 69.5. The van der Waals surface area contributed by atoms with Crippen LogP contribution in [0.3, 0.4) is 0 Å². The molecule has 0 atom stereocenters. The zero-order chi connectivity index (χ0) is 77.5.